The predicted octanol–water partition coefficient (Wildman–Crippen LogP) is 5.85. The average molecular weight is 601 g/mol. The third kappa shape index (κ3) is 7.83. The largest absolute Gasteiger partial charge is 0.416 e. The summed E-state index contributed by atoms with van der Waals surface area (Å²) in [4.78, 5) is 26.7. The maximum absolute atomic E-state index is 13.5. The molecule has 0 radical (unpaired) electrons. The number of carbonyl (C=O) groups excluding carboxylic acids is 2. The Kier molecular flexibility index (Phi) is 9.87. The zero-order valence-corrected chi connectivity index (χ0v) is 23.0. The van der Waals surface area contributed by atoms with Crippen LogP contribution >= 0.6 is 0 Å². The predicted molar refractivity (Wildman–Crippen MR) is 141 cm³/mol. The van der Waals surface area contributed by atoms with Crippen LogP contribution in [0.5, 0.6) is 0 Å². The molecule has 3 atom stereocenters. The summed E-state index contributed by atoms with van der Waals surface area (Å²) in [6, 6.07) is 10.6. The molecule has 6 nitrogen and oxygen atoms in total. The summed E-state index contributed by atoms with van der Waals surface area (Å²) in [5.74, 6) is -1.06. The number of carbonyl (C=O) groups is 2. The molecule has 4 rings (SSSR count). The molecule has 2 aromatic rings. The summed E-state index contributed by atoms with van der Waals surface area (Å²) in [5.41, 5.74) is -2.17. The van der Waals surface area contributed by atoms with Crippen LogP contribution in [0.1, 0.15) is 73.3 Å². The van der Waals surface area contributed by atoms with Gasteiger partial charge < -0.3 is 20.1 Å². The molecule has 1 aliphatic carbocycles. The first-order valence-corrected chi connectivity index (χ1v) is 13.9. The van der Waals surface area contributed by atoms with Crippen LogP contribution < -0.4 is 5.32 Å². The zero-order chi connectivity index (χ0) is 30.7. The normalized spacial score (nSPS) is 24.2. The molecule has 0 aromatic heterocycles. The number of piperidine rings is 1. The molecule has 1 aliphatic heterocycles. The monoisotopic (exact) mass is 600 g/mol. The van der Waals surface area contributed by atoms with Crippen molar-refractivity contribution < 1.29 is 45.8 Å². The maximum atomic E-state index is 13.5. The second-order valence-electron chi connectivity index (χ2n) is 11.0. The molecule has 1 saturated carbocycles. The molecule has 1 heterocycles. The number of aliphatic hydroxyl groups is 1. The van der Waals surface area contributed by atoms with Crippen molar-refractivity contribution in [3.63, 3.8) is 0 Å². The molecule has 0 unspecified atom stereocenters. The number of hydrogen-bond donors (Lipinski definition) is 2. The van der Waals surface area contributed by atoms with Gasteiger partial charge in [0.15, 0.2) is 0 Å². The third-order valence-electron chi connectivity index (χ3n) is 8.13. The van der Waals surface area contributed by atoms with Crippen molar-refractivity contribution in [2.45, 2.75) is 75.5 Å². The molecule has 42 heavy (non-hydrogen) atoms. The summed E-state index contributed by atoms with van der Waals surface area (Å²) in [5, 5.41) is 11.7. The van der Waals surface area contributed by atoms with E-state index in [4.69, 9.17) is 9.84 Å². The van der Waals surface area contributed by atoms with E-state index in [-0.39, 0.29) is 42.0 Å². The molecule has 0 bridgehead atoms. The number of aliphatic hydroxyl groups excluding tert-OH is 1. The van der Waals surface area contributed by atoms with Crippen molar-refractivity contribution in [3.05, 3.63) is 70.8 Å². The Morgan fingerprint density at radius 1 is 0.952 bits per heavy atom. The lowest BCUT2D eigenvalue weighted by atomic mass is 9.83. The first-order chi connectivity index (χ1) is 19.8. The van der Waals surface area contributed by atoms with Crippen LogP contribution in [-0.2, 0) is 26.7 Å². The fourth-order valence-corrected chi connectivity index (χ4v) is 5.88. The Labute approximate surface area is 240 Å². The van der Waals surface area contributed by atoms with Crippen LogP contribution in [0, 0.1) is 5.92 Å². The number of likely N-dealkylation sites (tertiary alicyclic amines) is 1. The van der Waals surface area contributed by atoms with Gasteiger partial charge in [0.2, 0.25) is 11.8 Å². The van der Waals surface area contributed by atoms with Crippen LogP contribution in [0.25, 0.3) is 0 Å². The quantitative estimate of drug-likeness (QED) is 0.391. The molecular weight excluding hydrogens is 566 g/mol. The Balaban J connectivity index is 1.50. The van der Waals surface area contributed by atoms with Gasteiger partial charge in [-0.1, -0.05) is 30.3 Å². The van der Waals surface area contributed by atoms with E-state index in [1.165, 1.54) is 6.92 Å². The van der Waals surface area contributed by atoms with Gasteiger partial charge in [-0.2, -0.15) is 26.3 Å². The van der Waals surface area contributed by atoms with E-state index in [9.17, 15) is 35.9 Å². The van der Waals surface area contributed by atoms with Gasteiger partial charge in [-0.25, -0.2) is 0 Å². The van der Waals surface area contributed by atoms with Crippen molar-refractivity contribution in [1.29, 1.82) is 0 Å². The van der Waals surface area contributed by atoms with Crippen molar-refractivity contribution >= 4 is 11.8 Å². The Morgan fingerprint density at radius 3 is 2.10 bits per heavy atom. The molecule has 2 amide bonds. The summed E-state index contributed by atoms with van der Waals surface area (Å²) in [6.45, 7) is 1.46. The standard InChI is InChI=1S/C30H34F6N2O4/c1-18(21-13-22(29(31,32)33)15-23(14-21)30(34,35)36)42-26-11-12-38(16-25(26)19-5-3-2-4-6-19)28(41)20-7-9-24(10-8-20)37-27(40)17-39/h2-6,13-15,18,20,24-26,39H,7-12,16-17H2,1H3,(H,37,40)/t18-,20-,24-,25+,26+/m1/s1. The van der Waals surface area contributed by atoms with Gasteiger partial charge in [0.1, 0.15) is 6.61 Å². The minimum atomic E-state index is -4.96. The van der Waals surface area contributed by atoms with E-state index < -0.39 is 48.2 Å². The van der Waals surface area contributed by atoms with Crippen LogP contribution in [-0.4, -0.2) is 53.7 Å². The van der Waals surface area contributed by atoms with Crippen molar-refractivity contribution in [2.75, 3.05) is 19.7 Å². The molecule has 2 aliphatic rings. The number of amides is 2. The number of ether oxygens (including phenoxy) is 1. The number of nitrogens with zero attached hydrogens (tertiary/aromatic N) is 1. The van der Waals surface area contributed by atoms with Crippen LogP contribution in [0.2, 0.25) is 0 Å². The lowest BCUT2D eigenvalue weighted by Crippen LogP contribution is -2.49. The number of rotatable bonds is 7. The van der Waals surface area contributed by atoms with Crippen LogP contribution in [0.15, 0.2) is 48.5 Å². The van der Waals surface area contributed by atoms with E-state index >= 15 is 0 Å². The number of halogens is 6. The van der Waals surface area contributed by atoms with E-state index in [1.54, 1.807) is 4.90 Å². The van der Waals surface area contributed by atoms with Gasteiger partial charge in [-0.05, 0) is 68.4 Å². The first kappa shape index (κ1) is 31.8. The van der Waals surface area contributed by atoms with Gasteiger partial charge >= 0.3 is 12.4 Å². The van der Waals surface area contributed by atoms with E-state index in [0.717, 1.165) is 5.56 Å². The summed E-state index contributed by atoms with van der Waals surface area (Å²) < 4.78 is 86.8. The average Bonchev–Trinajstić information content (AvgIpc) is 2.96. The molecule has 2 aromatic carbocycles. The van der Waals surface area contributed by atoms with Gasteiger partial charge in [0.25, 0.3) is 0 Å². The first-order valence-electron chi connectivity index (χ1n) is 13.9. The van der Waals surface area contributed by atoms with Crippen molar-refractivity contribution in [2.24, 2.45) is 5.92 Å². The summed E-state index contributed by atoms with van der Waals surface area (Å²) >= 11 is 0. The molecule has 12 heteroatoms. The summed E-state index contributed by atoms with van der Waals surface area (Å²) in [6.07, 6.45) is -8.82. The second kappa shape index (κ2) is 13.0. The van der Waals surface area contributed by atoms with Crippen molar-refractivity contribution in [3.8, 4) is 0 Å². The van der Waals surface area contributed by atoms with Crippen LogP contribution in [0.3, 0.4) is 0 Å². The van der Waals surface area contributed by atoms with Gasteiger partial charge in [-0.3, -0.25) is 9.59 Å². The number of benzene rings is 2. The fraction of sp³-hybridized carbons (Fsp3) is 0.533. The molecule has 230 valence electrons. The highest BCUT2D eigenvalue weighted by Gasteiger charge is 2.40. The van der Waals surface area contributed by atoms with Gasteiger partial charge in [-0.15, -0.1) is 0 Å². The maximum Gasteiger partial charge on any atom is 0.416 e. The zero-order valence-electron chi connectivity index (χ0n) is 23.0. The van der Waals surface area contributed by atoms with Crippen LogP contribution in [0.4, 0.5) is 26.3 Å². The smallest absolute Gasteiger partial charge is 0.387 e. The molecule has 2 N–H and O–H groups in total. The molecular formula is C30H34F6N2O4. The molecule has 1 saturated heterocycles. The number of hydrogen-bond acceptors (Lipinski definition) is 4. The Morgan fingerprint density at radius 2 is 1.55 bits per heavy atom. The topological polar surface area (TPSA) is 78.9 Å². The highest BCUT2D eigenvalue weighted by Crippen LogP contribution is 2.40. The molecule has 0 spiro atoms. The molecule has 2 fully saturated rings. The number of nitrogens with one attached hydrogen (secondary N) is 1. The summed E-state index contributed by atoms with van der Waals surface area (Å²) in [7, 11) is 0. The lowest BCUT2D eigenvalue weighted by Gasteiger charge is -2.41. The van der Waals surface area contributed by atoms with Gasteiger partial charge in [0, 0.05) is 31.0 Å². The fourth-order valence-electron chi connectivity index (χ4n) is 5.88. The van der Waals surface area contributed by atoms with E-state index in [0.29, 0.717) is 50.8 Å². The second-order valence-corrected chi connectivity index (χ2v) is 11.0. The van der Waals surface area contributed by atoms with E-state index in [1.807, 2.05) is 30.3 Å². The SMILES string of the molecule is C[C@@H](O[C@H]1CCN(C(=O)[C@H]2CC[C@H](NC(=O)CO)CC2)C[C@H]1c1ccccc1)c1cc(C(F)(F)F)cc(C(F)(F)F)c1. The van der Waals surface area contributed by atoms with Gasteiger partial charge in [0.05, 0.1) is 23.3 Å². The number of alkyl halides is 6. The minimum Gasteiger partial charge on any atom is -0.387 e. The van der Waals surface area contributed by atoms with Crippen molar-refractivity contribution in [1.82, 2.24) is 10.2 Å². The third-order valence-corrected chi connectivity index (χ3v) is 8.13. The lowest BCUT2D eigenvalue weighted by molar-refractivity contribution is -0.143. The van der Waals surface area contributed by atoms with E-state index in [2.05, 4.69) is 5.32 Å². The Hall–Kier alpha value is -3.12. The highest BCUT2D eigenvalue weighted by atomic mass is 19.4. The highest BCUT2D eigenvalue weighted by molar-refractivity contribution is 5.79. The Bertz CT molecular complexity index is 1200. The minimum absolute atomic E-state index is 0.0259.